The van der Waals surface area contributed by atoms with Gasteiger partial charge < -0.3 is 4.74 Å². The Morgan fingerprint density at radius 3 is 2.33 bits per heavy atom. The standard InChI is InChI=1S/C17H19N3O6S/c1-17(2,3)26-16(21)18-12-6-4-7-13(10-12)19-27(24,25)15-9-5-8-14(11-15)20(22)23/h4-11,19H,1-3H3,(H,18,21). The first-order valence-corrected chi connectivity index (χ1v) is 9.32. The summed E-state index contributed by atoms with van der Waals surface area (Å²) in [4.78, 5) is 21.7. The first kappa shape index (κ1) is 20.2. The van der Waals surface area contributed by atoms with E-state index in [1.807, 2.05) is 0 Å². The number of ether oxygens (including phenoxy) is 1. The fraction of sp³-hybridized carbons (Fsp3) is 0.235. The smallest absolute Gasteiger partial charge is 0.412 e. The van der Waals surface area contributed by atoms with Crippen molar-refractivity contribution in [1.82, 2.24) is 0 Å². The molecule has 0 aliphatic carbocycles. The summed E-state index contributed by atoms with van der Waals surface area (Å²) < 4.78 is 32.4. The summed E-state index contributed by atoms with van der Waals surface area (Å²) >= 11 is 0. The van der Waals surface area contributed by atoms with Crippen LogP contribution >= 0.6 is 0 Å². The van der Waals surface area contributed by atoms with Crippen molar-refractivity contribution < 1.29 is 22.9 Å². The summed E-state index contributed by atoms with van der Waals surface area (Å²) in [6.07, 6.45) is -0.679. The van der Waals surface area contributed by atoms with Gasteiger partial charge in [0.1, 0.15) is 5.60 Å². The molecule has 0 aliphatic rings. The molecule has 0 aliphatic heterocycles. The van der Waals surface area contributed by atoms with Gasteiger partial charge in [0.15, 0.2) is 0 Å². The Morgan fingerprint density at radius 2 is 1.70 bits per heavy atom. The second kappa shape index (κ2) is 7.62. The molecule has 144 valence electrons. The number of rotatable bonds is 5. The van der Waals surface area contributed by atoms with Crippen LogP contribution in [0.2, 0.25) is 0 Å². The molecule has 0 saturated heterocycles. The number of sulfonamides is 1. The van der Waals surface area contributed by atoms with E-state index in [9.17, 15) is 23.3 Å². The summed E-state index contributed by atoms with van der Waals surface area (Å²) in [6.45, 7) is 5.16. The van der Waals surface area contributed by atoms with Gasteiger partial charge in [-0.3, -0.25) is 20.2 Å². The predicted octanol–water partition coefficient (Wildman–Crippen LogP) is 3.74. The quantitative estimate of drug-likeness (QED) is 0.588. The average Bonchev–Trinajstić information content (AvgIpc) is 2.53. The number of amides is 1. The number of nitro groups is 1. The van der Waals surface area contributed by atoms with Crippen LogP contribution in [0.1, 0.15) is 20.8 Å². The Morgan fingerprint density at radius 1 is 1.07 bits per heavy atom. The van der Waals surface area contributed by atoms with E-state index in [1.165, 1.54) is 36.4 Å². The lowest BCUT2D eigenvalue weighted by Gasteiger charge is -2.19. The van der Waals surface area contributed by atoms with E-state index in [1.54, 1.807) is 26.8 Å². The molecule has 1 amide bonds. The number of non-ortho nitro benzene ring substituents is 1. The molecule has 9 nitrogen and oxygen atoms in total. The highest BCUT2D eigenvalue weighted by molar-refractivity contribution is 7.92. The van der Waals surface area contributed by atoms with E-state index in [4.69, 9.17) is 4.74 Å². The lowest BCUT2D eigenvalue weighted by atomic mass is 10.2. The molecule has 0 atom stereocenters. The maximum atomic E-state index is 12.5. The number of carbonyl (C=O) groups is 1. The van der Waals surface area contributed by atoms with Gasteiger partial charge >= 0.3 is 6.09 Å². The van der Waals surface area contributed by atoms with Gasteiger partial charge in [-0.1, -0.05) is 12.1 Å². The van der Waals surface area contributed by atoms with E-state index in [-0.39, 0.29) is 16.3 Å². The van der Waals surface area contributed by atoms with Crippen molar-refractivity contribution in [2.24, 2.45) is 0 Å². The van der Waals surface area contributed by atoms with E-state index in [0.717, 1.165) is 6.07 Å². The van der Waals surface area contributed by atoms with Crippen molar-refractivity contribution in [2.45, 2.75) is 31.3 Å². The van der Waals surface area contributed by atoms with Gasteiger partial charge in [0.2, 0.25) is 0 Å². The van der Waals surface area contributed by atoms with Crippen molar-refractivity contribution in [3.8, 4) is 0 Å². The number of nitrogens with zero attached hydrogens (tertiary/aromatic N) is 1. The van der Waals surface area contributed by atoms with Gasteiger partial charge in [0, 0.05) is 17.8 Å². The van der Waals surface area contributed by atoms with E-state index in [2.05, 4.69) is 10.0 Å². The monoisotopic (exact) mass is 393 g/mol. The van der Waals surface area contributed by atoms with Crippen LogP contribution in [0.15, 0.2) is 53.4 Å². The fourth-order valence-electron chi connectivity index (χ4n) is 2.06. The molecule has 0 spiro atoms. The number of hydrogen-bond acceptors (Lipinski definition) is 6. The number of nitrogens with one attached hydrogen (secondary N) is 2. The van der Waals surface area contributed by atoms with Crippen molar-refractivity contribution >= 4 is 33.2 Å². The third-order valence-corrected chi connectivity index (χ3v) is 4.48. The van der Waals surface area contributed by atoms with Crippen molar-refractivity contribution in [2.75, 3.05) is 10.0 Å². The summed E-state index contributed by atoms with van der Waals surface area (Å²) in [5.74, 6) is 0. The van der Waals surface area contributed by atoms with Crippen LogP contribution in [0.4, 0.5) is 21.9 Å². The molecule has 2 aromatic carbocycles. The summed E-state index contributed by atoms with van der Waals surface area (Å²) in [5.41, 5.74) is -0.512. The maximum absolute atomic E-state index is 12.5. The van der Waals surface area contributed by atoms with Crippen LogP contribution < -0.4 is 10.0 Å². The molecule has 0 unspecified atom stereocenters. The van der Waals surface area contributed by atoms with Crippen LogP contribution in [0, 0.1) is 10.1 Å². The number of nitro benzene ring substituents is 1. The van der Waals surface area contributed by atoms with Crippen LogP contribution in [0.25, 0.3) is 0 Å². The molecule has 0 radical (unpaired) electrons. The van der Waals surface area contributed by atoms with Gasteiger partial charge in [0.25, 0.3) is 15.7 Å². The molecule has 0 heterocycles. The third-order valence-electron chi connectivity index (χ3n) is 3.10. The molecule has 27 heavy (non-hydrogen) atoms. The van der Waals surface area contributed by atoms with Gasteiger partial charge in [-0.15, -0.1) is 0 Å². The third kappa shape index (κ3) is 5.96. The maximum Gasteiger partial charge on any atom is 0.412 e. The Kier molecular flexibility index (Phi) is 5.69. The minimum Gasteiger partial charge on any atom is -0.444 e. The van der Waals surface area contributed by atoms with Gasteiger partial charge in [-0.25, -0.2) is 13.2 Å². The lowest BCUT2D eigenvalue weighted by Crippen LogP contribution is -2.27. The van der Waals surface area contributed by atoms with Crippen LogP contribution in [-0.4, -0.2) is 25.0 Å². The zero-order valence-corrected chi connectivity index (χ0v) is 15.7. The van der Waals surface area contributed by atoms with Crippen molar-refractivity contribution in [3.05, 3.63) is 58.6 Å². The Bertz CT molecular complexity index is 967. The molecule has 10 heteroatoms. The number of hydrogen-bond donors (Lipinski definition) is 2. The molecule has 2 N–H and O–H groups in total. The van der Waals surface area contributed by atoms with Crippen LogP contribution in [-0.2, 0) is 14.8 Å². The molecule has 0 bridgehead atoms. The zero-order valence-electron chi connectivity index (χ0n) is 14.9. The first-order chi connectivity index (χ1) is 12.5. The molecular weight excluding hydrogens is 374 g/mol. The van der Waals surface area contributed by atoms with Crippen molar-refractivity contribution in [1.29, 1.82) is 0 Å². The average molecular weight is 393 g/mol. The summed E-state index contributed by atoms with van der Waals surface area (Å²) in [7, 11) is -4.04. The van der Waals surface area contributed by atoms with Crippen molar-refractivity contribution in [3.63, 3.8) is 0 Å². The Balaban J connectivity index is 2.19. The van der Waals surface area contributed by atoms with Crippen LogP contribution in [0.5, 0.6) is 0 Å². The van der Waals surface area contributed by atoms with Gasteiger partial charge in [0.05, 0.1) is 15.5 Å². The Labute approximate surface area is 156 Å². The highest BCUT2D eigenvalue weighted by Crippen LogP contribution is 2.22. The molecule has 0 aromatic heterocycles. The molecule has 0 saturated carbocycles. The molecular formula is C17H19N3O6S. The second-order valence-electron chi connectivity index (χ2n) is 6.57. The van der Waals surface area contributed by atoms with Gasteiger partial charge in [-0.05, 0) is 45.0 Å². The SMILES string of the molecule is CC(C)(C)OC(=O)Nc1cccc(NS(=O)(=O)c2cccc([N+](=O)[O-])c2)c1. The lowest BCUT2D eigenvalue weighted by molar-refractivity contribution is -0.385. The second-order valence-corrected chi connectivity index (χ2v) is 8.25. The minimum absolute atomic E-state index is 0.176. The van der Waals surface area contributed by atoms with Gasteiger partial charge in [-0.2, -0.15) is 0 Å². The largest absolute Gasteiger partial charge is 0.444 e. The Hall–Kier alpha value is -3.14. The normalized spacial score (nSPS) is 11.5. The molecule has 0 fully saturated rings. The first-order valence-electron chi connectivity index (χ1n) is 7.84. The topological polar surface area (TPSA) is 128 Å². The minimum atomic E-state index is -4.04. The number of anilines is 2. The van der Waals surface area contributed by atoms with E-state index < -0.39 is 26.6 Å². The number of carbonyl (C=O) groups excluding carboxylic acids is 1. The zero-order chi connectivity index (χ0) is 20.2. The molecule has 2 rings (SSSR count). The fourth-order valence-corrected chi connectivity index (χ4v) is 3.15. The highest BCUT2D eigenvalue weighted by Gasteiger charge is 2.19. The number of benzene rings is 2. The highest BCUT2D eigenvalue weighted by atomic mass is 32.2. The summed E-state index contributed by atoms with van der Waals surface area (Å²) in [5, 5.41) is 13.3. The molecule has 2 aromatic rings. The predicted molar refractivity (Wildman–Crippen MR) is 100 cm³/mol. The van der Waals surface area contributed by atoms with E-state index in [0.29, 0.717) is 5.69 Å². The summed E-state index contributed by atoms with van der Waals surface area (Å²) in [6, 6.07) is 10.7. The van der Waals surface area contributed by atoms with Crippen LogP contribution in [0.3, 0.4) is 0 Å². The van der Waals surface area contributed by atoms with E-state index >= 15 is 0 Å².